The van der Waals surface area contributed by atoms with E-state index in [1.165, 1.54) is 4.90 Å². The van der Waals surface area contributed by atoms with E-state index in [9.17, 15) is 9.59 Å². The van der Waals surface area contributed by atoms with Crippen LogP contribution in [0, 0.1) is 0 Å². The van der Waals surface area contributed by atoms with E-state index in [0.29, 0.717) is 18.7 Å². The van der Waals surface area contributed by atoms with Gasteiger partial charge in [-0.2, -0.15) is 0 Å². The molecule has 0 heterocycles. The molecule has 0 aliphatic heterocycles. The van der Waals surface area contributed by atoms with Gasteiger partial charge in [0, 0.05) is 25.7 Å². The SMILES string of the molecule is CCN(CC)C(=O)CN(C)C(=O)c1ccc(-c2ccccc2)cc1. The summed E-state index contributed by atoms with van der Waals surface area (Å²) < 4.78 is 0. The van der Waals surface area contributed by atoms with Crippen LogP contribution in [0.15, 0.2) is 54.6 Å². The number of hydrogen-bond donors (Lipinski definition) is 0. The van der Waals surface area contributed by atoms with Gasteiger partial charge in [-0.05, 0) is 37.1 Å². The third kappa shape index (κ3) is 4.22. The Hall–Kier alpha value is -2.62. The molecule has 4 heteroatoms. The van der Waals surface area contributed by atoms with Crippen molar-refractivity contribution in [1.29, 1.82) is 0 Å². The summed E-state index contributed by atoms with van der Waals surface area (Å²) in [6.45, 7) is 5.28. The van der Waals surface area contributed by atoms with E-state index in [1.807, 2.05) is 68.4 Å². The third-order valence-corrected chi connectivity index (χ3v) is 4.07. The third-order valence-electron chi connectivity index (χ3n) is 4.07. The molecule has 0 saturated carbocycles. The molecule has 2 aromatic carbocycles. The minimum Gasteiger partial charge on any atom is -0.342 e. The van der Waals surface area contributed by atoms with Gasteiger partial charge < -0.3 is 9.80 Å². The summed E-state index contributed by atoms with van der Waals surface area (Å²) in [6, 6.07) is 17.5. The first-order chi connectivity index (χ1) is 11.6. The van der Waals surface area contributed by atoms with Crippen LogP contribution in [-0.4, -0.2) is 48.3 Å². The molecule has 2 aromatic rings. The summed E-state index contributed by atoms with van der Waals surface area (Å²) in [5, 5.41) is 0. The first kappa shape index (κ1) is 17.7. The molecule has 0 radical (unpaired) electrons. The second kappa shape index (κ2) is 8.29. The van der Waals surface area contributed by atoms with Crippen molar-refractivity contribution in [3.8, 4) is 11.1 Å². The smallest absolute Gasteiger partial charge is 0.254 e. The Kier molecular flexibility index (Phi) is 6.13. The van der Waals surface area contributed by atoms with E-state index in [4.69, 9.17) is 0 Å². The van der Waals surface area contributed by atoms with Gasteiger partial charge in [0.15, 0.2) is 0 Å². The van der Waals surface area contributed by atoms with E-state index >= 15 is 0 Å². The van der Waals surface area contributed by atoms with Crippen molar-refractivity contribution < 1.29 is 9.59 Å². The average molecular weight is 324 g/mol. The van der Waals surface area contributed by atoms with E-state index in [1.54, 1.807) is 11.9 Å². The number of rotatable bonds is 6. The van der Waals surface area contributed by atoms with Crippen molar-refractivity contribution in [1.82, 2.24) is 9.80 Å². The Morgan fingerprint density at radius 3 is 1.92 bits per heavy atom. The number of carbonyl (C=O) groups excluding carboxylic acids is 2. The maximum absolute atomic E-state index is 12.5. The molecule has 24 heavy (non-hydrogen) atoms. The van der Waals surface area contributed by atoms with Gasteiger partial charge in [-0.3, -0.25) is 9.59 Å². The molecular weight excluding hydrogens is 300 g/mol. The summed E-state index contributed by atoms with van der Waals surface area (Å²) in [5.74, 6) is -0.174. The van der Waals surface area contributed by atoms with Crippen LogP contribution in [0.2, 0.25) is 0 Å². The molecule has 0 bridgehead atoms. The van der Waals surface area contributed by atoms with E-state index in [-0.39, 0.29) is 18.4 Å². The number of likely N-dealkylation sites (N-methyl/N-ethyl adjacent to an activating group) is 2. The van der Waals surface area contributed by atoms with Crippen LogP contribution in [0.4, 0.5) is 0 Å². The first-order valence-corrected chi connectivity index (χ1v) is 8.25. The summed E-state index contributed by atoms with van der Waals surface area (Å²) in [6.07, 6.45) is 0. The fourth-order valence-electron chi connectivity index (χ4n) is 2.61. The highest BCUT2D eigenvalue weighted by Gasteiger charge is 2.17. The van der Waals surface area contributed by atoms with Gasteiger partial charge in [0.1, 0.15) is 0 Å². The molecule has 126 valence electrons. The second-order valence-electron chi connectivity index (χ2n) is 5.67. The van der Waals surface area contributed by atoms with Crippen LogP contribution >= 0.6 is 0 Å². The fourth-order valence-corrected chi connectivity index (χ4v) is 2.61. The highest BCUT2D eigenvalue weighted by Crippen LogP contribution is 2.19. The van der Waals surface area contributed by atoms with Crippen molar-refractivity contribution >= 4 is 11.8 Å². The van der Waals surface area contributed by atoms with Crippen molar-refractivity contribution in [2.45, 2.75) is 13.8 Å². The quantitative estimate of drug-likeness (QED) is 0.818. The molecule has 0 atom stereocenters. The lowest BCUT2D eigenvalue weighted by Gasteiger charge is -2.23. The van der Waals surface area contributed by atoms with Gasteiger partial charge >= 0.3 is 0 Å². The molecule has 0 aromatic heterocycles. The lowest BCUT2D eigenvalue weighted by atomic mass is 10.0. The second-order valence-corrected chi connectivity index (χ2v) is 5.67. The summed E-state index contributed by atoms with van der Waals surface area (Å²) >= 11 is 0. The van der Waals surface area contributed by atoms with Crippen LogP contribution < -0.4 is 0 Å². The standard InChI is InChI=1S/C20H24N2O2/c1-4-22(5-2)19(23)15-21(3)20(24)18-13-11-17(12-14-18)16-9-7-6-8-10-16/h6-14H,4-5,15H2,1-3H3. The Labute approximate surface area is 143 Å². The molecule has 0 spiro atoms. The highest BCUT2D eigenvalue weighted by atomic mass is 16.2. The van der Waals surface area contributed by atoms with Crippen molar-refractivity contribution in [2.75, 3.05) is 26.7 Å². The van der Waals surface area contributed by atoms with Crippen molar-refractivity contribution in [3.05, 3.63) is 60.2 Å². The molecule has 0 aliphatic carbocycles. The van der Waals surface area contributed by atoms with Crippen LogP contribution in [0.25, 0.3) is 11.1 Å². The van der Waals surface area contributed by atoms with Gasteiger partial charge in [0.2, 0.25) is 5.91 Å². The molecule has 4 nitrogen and oxygen atoms in total. The Bertz CT molecular complexity index is 677. The van der Waals surface area contributed by atoms with Crippen molar-refractivity contribution in [3.63, 3.8) is 0 Å². The van der Waals surface area contributed by atoms with E-state index in [0.717, 1.165) is 11.1 Å². The minimum atomic E-state index is -0.143. The maximum Gasteiger partial charge on any atom is 0.254 e. The first-order valence-electron chi connectivity index (χ1n) is 8.25. The van der Waals surface area contributed by atoms with Gasteiger partial charge in [-0.25, -0.2) is 0 Å². The summed E-state index contributed by atoms with van der Waals surface area (Å²) in [5.41, 5.74) is 2.76. The van der Waals surface area contributed by atoms with E-state index in [2.05, 4.69) is 0 Å². The normalized spacial score (nSPS) is 10.3. The van der Waals surface area contributed by atoms with Gasteiger partial charge in [0.05, 0.1) is 6.54 Å². The zero-order valence-electron chi connectivity index (χ0n) is 14.5. The zero-order chi connectivity index (χ0) is 17.5. The van der Waals surface area contributed by atoms with E-state index < -0.39 is 0 Å². The Morgan fingerprint density at radius 1 is 0.833 bits per heavy atom. The number of hydrogen-bond acceptors (Lipinski definition) is 2. The topological polar surface area (TPSA) is 40.6 Å². The van der Waals surface area contributed by atoms with Crippen molar-refractivity contribution in [2.24, 2.45) is 0 Å². The largest absolute Gasteiger partial charge is 0.342 e. The zero-order valence-corrected chi connectivity index (χ0v) is 14.5. The summed E-state index contributed by atoms with van der Waals surface area (Å²) in [4.78, 5) is 27.8. The van der Waals surface area contributed by atoms with Crippen LogP contribution in [0.3, 0.4) is 0 Å². The molecule has 2 rings (SSSR count). The van der Waals surface area contributed by atoms with Crippen LogP contribution in [-0.2, 0) is 4.79 Å². The average Bonchev–Trinajstić information content (AvgIpc) is 2.63. The maximum atomic E-state index is 12.5. The molecule has 0 unspecified atom stereocenters. The number of carbonyl (C=O) groups is 2. The predicted molar refractivity (Wildman–Crippen MR) is 96.8 cm³/mol. The molecule has 0 fully saturated rings. The molecular formula is C20H24N2O2. The lowest BCUT2D eigenvalue weighted by molar-refractivity contribution is -0.131. The summed E-state index contributed by atoms with van der Waals surface area (Å²) in [7, 11) is 1.66. The van der Waals surface area contributed by atoms with Crippen LogP contribution in [0.5, 0.6) is 0 Å². The minimum absolute atomic E-state index is 0.0308. The van der Waals surface area contributed by atoms with Gasteiger partial charge in [-0.1, -0.05) is 42.5 Å². The van der Waals surface area contributed by atoms with Gasteiger partial charge in [-0.15, -0.1) is 0 Å². The van der Waals surface area contributed by atoms with Gasteiger partial charge in [0.25, 0.3) is 5.91 Å². The predicted octanol–water partition coefficient (Wildman–Crippen LogP) is 3.29. The lowest BCUT2D eigenvalue weighted by Crippen LogP contribution is -2.41. The molecule has 0 aliphatic rings. The Morgan fingerprint density at radius 2 is 1.38 bits per heavy atom. The molecule has 2 amide bonds. The molecule has 0 N–H and O–H groups in total. The Balaban J connectivity index is 2.05. The number of benzene rings is 2. The monoisotopic (exact) mass is 324 g/mol. The highest BCUT2D eigenvalue weighted by molar-refractivity contribution is 5.96. The number of amides is 2. The fraction of sp³-hybridized carbons (Fsp3) is 0.300. The van der Waals surface area contributed by atoms with Crippen LogP contribution in [0.1, 0.15) is 24.2 Å². The number of nitrogens with zero attached hydrogens (tertiary/aromatic N) is 2. The molecule has 0 saturated heterocycles.